The molecule has 4 rings (SSSR count). The van der Waals surface area contributed by atoms with E-state index in [1.54, 1.807) is 13.8 Å². The number of aliphatic hydroxyl groups is 2. The maximum Gasteiger partial charge on any atom is 0.190 e. The van der Waals surface area contributed by atoms with Gasteiger partial charge >= 0.3 is 0 Å². The average molecular weight is 404 g/mol. The number of Topliss-reactive ketones (excluding diaryl/α,β-unsaturated/α-hetero) is 3. The second-order valence-corrected chi connectivity index (χ2v) is 9.46. The van der Waals surface area contributed by atoms with Gasteiger partial charge in [0.15, 0.2) is 28.8 Å². The highest BCUT2D eigenvalue weighted by Gasteiger charge is 2.76. The first-order valence-electron chi connectivity index (χ1n) is 9.94. The van der Waals surface area contributed by atoms with Crippen LogP contribution in [0.1, 0.15) is 46.5 Å². The molecule has 7 heteroatoms. The Labute approximate surface area is 167 Å². The SMILES string of the molecule is CC1=CC(=O)C=C2C(=O)C[C@H]3[C@@H]4CC[C@](O)(C(=O)CO)[C@@]4(C)CC(=O)[C@]3(F)[C@@]12C. The number of allylic oxidation sites excluding steroid dienone is 4. The number of hydrogen-bond acceptors (Lipinski definition) is 6. The molecule has 0 radical (unpaired) electrons. The third-order valence-electron chi connectivity index (χ3n) is 8.52. The van der Waals surface area contributed by atoms with Gasteiger partial charge in [0.2, 0.25) is 0 Å². The Balaban J connectivity index is 1.90. The van der Waals surface area contributed by atoms with E-state index in [-0.39, 0.29) is 37.0 Å². The van der Waals surface area contributed by atoms with Gasteiger partial charge in [-0.05, 0) is 44.8 Å². The summed E-state index contributed by atoms with van der Waals surface area (Å²) in [6, 6.07) is 0. The lowest BCUT2D eigenvalue weighted by atomic mass is 9.43. The Bertz CT molecular complexity index is 934. The van der Waals surface area contributed by atoms with E-state index in [0.29, 0.717) is 5.57 Å². The number of rotatable bonds is 2. The number of fused-ring (bicyclic) bond motifs is 5. The van der Waals surface area contributed by atoms with Gasteiger partial charge in [0.05, 0.1) is 5.41 Å². The zero-order valence-corrected chi connectivity index (χ0v) is 16.8. The summed E-state index contributed by atoms with van der Waals surface area (Å²) in [5, 5.41) is 20.5. The summed E-state index contributed by atoms with van der Waals surface area (Å²) < 4.78 is 16.9. The summed E-state index contributed by atoms with van der Waals surface area (Å²) in [6.07, 6.45) is 2.05. The van der Waals surface area contributed by atoms with Gasteiger partial charge in [-0.25, -0.2) is 4.39 Å². The summed E-state index contributed by atoms with van der Waals surface area (Å²) in [4.78, 5) is 50.7. The maximum atomic E-state index is 16.9. The van der Waals surface area contributed by atoms with E-state index in [1.807, 2.05) is 0 Å². The van der Waals surface area contributed by atoms with Crippen LogP contribution in [0.4, 0.5) is 4.39 Å². The molecule has 0 aliphatic heterocycles. The second-order valence-electron chi connectivity index (χ2n) is 9.46. The van der Waals surface area contributed by atoms with Gasteiger partial charge in [0, 0.05) is 29.7 Å². The lowest BCUT2D eigenvalue weighted by Gasteiger charge is -2.60. The first-order chi connectivity index (χ1) is 13.4. The molecule has 2 N–H and O–H groups in total. The minimum absolute atomic E-state index is 0.00826. The summed E-state index contributed by atoms with van der Waals surface area (Å²) in [5.74, 6) is -3.93. The summed E-state index contributed by atoms with van der Waals surface area (Å²) in [5.41, 5.74) is -6.80. The highest BCUT2D eigenvalue weighted by molar-refractivity contribution is 6.13. The van der Waals surface area contributed by atoms with Crippen molar-refractivity contribution in [2.24, 2.45) is 22.7 Å². The predicted octanol–water partition coefficient (Wildman–Crippen LogP) is 1.43. The summed E-state index contributed by atoms with van der Waals surface area (Å²) in [7, 11) is 0. The molecule has 4 aliphatic carbocycles. The summed E-state index contributed by atoms with van der Waals surface area (Å²) >= 11 is 0. The number of carbonyl (C=O) groups excluding carboxylic acids is 4. The highest BCUT2D eigenvalue weighted by Crippen LogP contribution is 2.69. The molecule has 0 aromatic rings. The van der Waals surface area contributed by atoms with Crippen molar-refractivity contribution in [1.29, 1.82) is 0 Å². The van der Waals surface area contributed by atoms with Gasteiger partial charge in [-0.1, -0.05) is 12.5 Å². The average Bonchev–Trinajstić information content (AvgIpc) is 2.91. The van der Waals surface area contributed by atoms with Crippen molar-refractivity contribution in [3.63, 3.8) is 0 Å². The zero-order valence-electron chi connectivity index (χ0n) is 16.8. The van der Waals surface area contributed by atoms with Crippen LogP contribution in [0.5, 0.6) is 0 Å². The molecular weight excluding hydrogens is 379 g/mol. The lowest BCUT2D eigenvalue weighted by molar-refractivity contribution is -0.185. The molecule has 3 saturated carbocycles. The van der Waals surface area contributed by atoms with Crippen LogP contribution in [-0.4, -0.2) is 51.2 Å². The van der Waals surface area contributed by atoms with Gasteiger partial charge in [-0.2, -0.15) is 0 Å². The molecule has 0 saturated heterocycles. The standard InChI is InChI=1S/C22H25FO6/c1-11-6-12(25)7-15-16(26)8-14-13-4-5-21(29,18(28)10-24)19(13,2)9-17(27)22(14,23)20(11,15)3/h6-7,13-14,24,29H,4-5,8-10H2,1-3H3/t13-,14-,19-,20-,21-,22-/m0/s1. The fourth-order valence-electron chi connectivity index (χ4n) is 6.72. The quantitative estimate of drug-likeness (QED) is 0.721. The van der Waals surface area contributed by atoms with Crippen LogP contribution in [0.15, 0.2) is 23.3 Å². The van der Waals surface area contributed by atoms with Crippen LogP contribution in [0, 0.1) is 22.7 Å². The normalized spacial score (nSPS) is 46.5. The molecule has 0 aromatic carbocycles. The van der Waals surface area contributed by atoms with E-state index in [9.17, 15) is 29.4 Å². The molecule has 6 atom stereocenters. The van der Waals surface area contributed by atoms with Gasteiger partial charge in [0.1, 0.15) is 12.2 Å². The van der Waals surface area contributed by atoms with Crippen molar-refractivity contribution < 1.29 is 33.8 Å². The number of aliphatic hydroxyl groups excluding tert-OH is 1. The zero-order chi connectivity index (χ0) is 21.6. The predicted molar refractivity (Wildman–Crippen MR) is 99.4 cm³/mol. The highest BCUT2D eigenvalue weighted by atomic mass is 19.1. The smallest absolute Gasteiger partial charge is 0.190 e. The molecule has 0 unspecified atom stereocenters. The van der Waals surface area contributed by atoms with Gasteiger partial charge < -0.3 is 10.2 Å². The van der Waals surface area contributed by atoms with Crippen molar-refractivity contribution in [2.75, 3.05) is 6.61 Å². The first kappa shape index (κ1) is 20.3. The van der Waals surface area contributed by atoms with E-state index in [2.05, 4.69) is 0 Å². The van der Waals surface area contributed by atoms with Crippen LogP contribution in [0.2, 0.25) is 0 Å². The first-order valence-corrected chi connectivity index (χ1v) is 9.94. The molecule has 0 heterocycles. The van der Waals surface area contributed by atoms with E-state index in [0.717, 1.165) is 6.08 Å². The molecule has 156 valence electrons. The van der Waals surface area contributed by atoms with E-state index >= 15 is 4.39 Å². The third kappa shape index (κ3) is 2.07. The van der Waals surface area contributed by atoms with E-state index in [4.69, 9.17) is 0 Å². The largest absolute Gasteiger partial charge is 0.388 e. The fourth-order valence-corrected chi connectivity index (χ4v) is 6.72. The fraction of sp³-hybridized carbons (Fsp3) is 0.636. The summed E-state index contributed by atoms with van der Waals surface area (Å²) in [6.45, 7) is 3.78. The second kappa shape index (κ2) is 5.79. The molecule has 0 spiro atoms. The third-order valence-corrected chi connectivity index (χ3v) is 8.52. The monoisotopic (exact) mass is 404 g/mol. The molecule has 0 amide bonds. The lowest BCUT2D eigenvalue weighted by Crippen LogP contribution is -2.69. The molecule has 0 bridgehead atoms. The van der Waals surface area contributed by atoms with Gasteiger partial charge in [-0.3, -0.25) is 19.2 Å². The van der Waals surface area contributed by atoms with E-state index in [1.165, 1.54) is 13.0 Å². The van der Waals surface area contributed by atoms with Crippen LogP contribution in [-0.2, 0) is 19.2 Å². The Hall–Kier alpha value is -1.99. The Morgan fingerprint density at radius 2 is 1.86 bits per heavy atom. The van der Waals surface area contributed by atoms with Crippen molar-refractivity contribution in [1.82, 2.24) is 0 Å². The molecule has 0 aromatic heterocycles. The number of ketones is 4. The molecule has 4 aliphatic rings. The van der Waals surface area contributed by atoms with E-state index < -0.39 is 57.9 Å². The van der Waals surface area contributed by atoms with Gasteiger partial charge in [0.25, 0.3) is 0 Å². The molecule has 6 nitrogen and oxygen atoms in total. The molecular formula is C22H25FO6. The Morgan fingerprint density at radius 1 is 1.21 bits per heavy atom. The van der Waals surface area contributed by atoms with Gasteiger partial charge in [-0.15, -0.1) is 0 Å². The number of alkyl halides is 1. The minimum Gasteiger partial charge on any atom is -0.388 e. The van der Waals surface area contributed by atoms with Crippen molar-refractivity contribution in [2.45, 2.75) is 57.7 Å². The Morgan fingerprint density at radius 3 is 2.48 bits per heavy atom. The van der Waals surface area contributed by atoms with Crippen LogP contribution >= 0.6 is 0 Å². The minimum atomic E-state index is -2.41. The number of halogens is 1. The van der Waals surface area contributed by atoms with Crippen molar-refractivity contribution in [3.05, 3.63) is 23.3 Å². The molecule has 3 fully saturated rings. The molecule has 29 heavy (non-hydrogen) atoms. The van der Waals surface area contributed by atoms with Crippen LogP contribution in [0.25, 0.3) is 0 Å². The topological polar surface area (TPSA) is 109 Å². The number of hydrogen-bond donors (Lipinski definition) is 2. The van der Waals surface area contributed by atoms with Crippen LogP contribution in [0.3, 0.4) is 0 Å². The number of carbonyl (C=O) groups is 4. The van der Waals surface area contributed by atoms with Crippen molar-refractivity contribution >= 4 is 23.1 Å². The Kier molecular flexibility index (Phi) is 4.05. The maximum absolute atomic E-state index is 16.9. The van der Waals surface area contributed by atoms with Crippen LogP contribution < -0.4 is 0 Å². The van der Waals surface area contributed by atoms with Crippen molar-refractivity contribution in [3.8, 4) is 0 Å².